The lowest BCUT2D eigenvalue weighted by Crippen LogP contribution is -2.42. The Kier molecular flexibility index (Phi) is 5.12. The summed E-state index contributed by atoms with van der Waals surface area (Å²) in [6.45, 7) is 0.417. The molecule has 8 heteroatoms. The number of fused-ring (bicyclic) bond motifs is 2. The summed E-state index contributed by atoms with van der Waals surface area (Å²) in [6.07, 6.45) is 4.89. The van der Waals surface area contributed by atoms with Gasteiger partial charge in [0.1, 0.15) is 0 Å². The Hall–Kier alpha value is -1.57. The van der Waals surface area contributed by atoms with E-state index < -0.39 is 16.1 Å². The minimum absolute atomic E-state index is 0.189. The topological polar surface area (TPSA) is 84.5 Å². The molecule has 2 saturated heterocycles. The van der Waals surface area contributed by atoms with Crippen molar-refractivity contribution in [2.45, 2.75) is 31.5 Å². The van der Waals surface area contributed by atoms with Crippen molar-refractivity contribution < 1.29 is 17.9 Å². The van der Waals surface area contributed by atoms with Crippen LogP contribution in [0.25, 0.3) is 6.08 Å². The van der Waals surface area contributed by atoms with Crippen LogP contribution in [0.3, 0.4) is 0 Å². The molecule has 3 unspecified atom stereocenters. The maximum absolute atomic E-state index is 11.9. The summed E-state index contributed by atoms with van der Waals surface area (Å²) < 4.78 is 31.5. The van der Waals surface area contributed by atoms with Crippen LogP contribution in [-0.2, 0) is 14.8 Å². The van der Waals surface area contributed by atoms with Gasteiger partial charge < -0.3 is 10.1 Å². The first-order valence-electron chi connectivity index (χ1n) is 7.81. The van der Waals surface area contributed by atoms with Crippen molar-refractivity contribution in [3.05, 3.63) is 40.3 Å². The highest BCUT2D eigenvalue weighted by Crippen LogP contribution is 2.38. The Bertz CT molecular complexity index is 750. The third-order valence-electron chi connectivity index (χ3n) is 4.28. The van der Waals surface area contributed by atoms with Gasteiger partial charge in [-0.2, -0.15) is 0 Å². The standard InChI is InChI=1S/C16H19ClN2O4S/c17-13-3-1-2-11(8-13)6-7-24(21,22)19-16(20)18-10-12-9-14-4-5-15(12)23-14/h1-3,6-8,12,14-15H,4-5,9-10H2,(H2,18,19,20)/b7-6+. The van der Waals surface area contributed by atoms with Crippen LogP contribution in [0.5, 0.6) is 0 Å². The number of benzene rings is 1. The number of urea groups is 1. The zero-order chi connectivity index (χ0) is 17.2. The highest BCUT2D eigenvalue weighted by Gasteiger charge is 2.40. The first-order chi connectivity index (χ1) is 11.4. The number of ether oxygens (including phenoxy) is 1. The van der Waals surface area contributed by atoms with E-state index in [1.54, 1.807) is 24.3 Å². The first-order valence-corrected chi connectivity index (χ1v) is 9.73. The van der Waals surface area contributed by atoms with Gasteiger partial charge in [0.15, 0.2) is 0 Å². The molecule has 130 valence electrons. The van der Waals surface area contributed by atoms with Crippen LogP contribution in [0.4, 0.5) is 4.79 Å². The third-order valence-corrected chi connectivity index (χ3v) is 5.48. The van der Waals surface area contributed by atoms with Crippen LogP contribution in [0.15, 0.2) is 29.7 Å². The quantitative estimate of drug-likeness (QED) is 0.834. The Morgan fingerprint density at radius 2 is 2.21 bits per heavy atom. The largest absolute Gasteiger partial charge is 0.375 e. The van der Waals surface area contributed by atoms with Crippen molar-refractivity contribution in [2.24, 2.45) is 5.92 Å². The number of hydrogen-bond acceptors (Lipinski definition) is 4. The van der Waals surface area contributed by atoms with Gasteiger partial charge >= 0.3 is 6.03 Å². The van der Waals surface area contributed by atoms with Crippen molar-refractivity contribution in [1.29, 1.82) is 0 Å². The highest BCUT2D eigenvalue weighted by molar-refractivity contribution is 7.93. The van der Waals surface area contributed by atoms with E-state index in [0.717, 1.165) is 24.7 Å². The minimum Gasteiger partial charge on any atom is -0.375 e. The van der Waals surface area contributed by atoms with Crippen LogP contribution < -0.4 is 10.0 Å². The molecule has 3 rings (SSSR count). The molecule has 3 atom stereocenters. The predicted octanol–water partition coefficient (Wildman–Crippen LogP) is 2.51. The second-order valence-corrected chi connectivity index (χ2v) is 8.09. The second kappa shape index (κ2) is 7.13. The fourth-order valence-electron chi connectivity index (χ4n) is 3.16. The minimum atomic E-state index is -3.86. The van der Waals surface area contributed by atoms with Gasteiger partial charge in [-0.05, 0) is 43.0 Å². The molecular formula is C16H19ClN2O4S. The molecule has 1 aromatic rings. The van der Waals surface area contributed by atoms with E-state index in [0.29, 0.717) is 23.2 Å². The van der Waals surface area contributed by atoms with Gasteiger partial charge in [-0.25, -0.2) is 17.9 Å². The number of rotatable bonds is 5. The molecule has 0 spiro atoms. The van der Waals surface area contributed by atoms with Crippen LogP contribution >= 0.6 is 11.6 Å². The summed E-state index contributed by atoms with van der Waals surface area (Å²) in [5.74, 6) is 0.263. The maximum Gasteiger partial charge on any atom is 0.328 e. The Balaban J connectivity index is 1.49. The molecule has 2 amide bonds. The summed E-state index contributed by atoms with van der Waals surface area (Å²) in [5.41, 5.74) is 0.632. The van der Waals surface area contributed by atoms with Crippen LogP contribution in [-0.4, -0.2) is 33.2 Å². The SMILES string of the molecule is O=C(NCC1CC2CCC1O2)NS(=O)(=O)/C=C/c1cccc(Cl)c1. The van der Waals surface area contributed by atoms with Gasteiger partial charge in [-0.15, -0.1) is 0 Å². The van der Waals surface area contributed by atoms with Crippen LogP contribution in [0, 0.1) is 5.92 Å². The molecule has 2 heterocycles. The third kappa shape index (κ3) is 4.49. The van der Waals surface area contributed by atoms with E-state index in [4.69, 9.17) is 16.3 Å². The number of carbonyl (C=O) groups excluding carboxylic acids is 1. The molecule has 24 heavy (non-hydrogen) atoms. The number of amides is 2. The van der Waals surface area contributed by atoms with E-state index in [1.165, 1.54) is 6.08 Å². The summed E-state index contributed by atoms with van der Waals surface area (Å²) in [7, 11) is -3.86. The summed E-state index contributed by atoms with van der Waals surface area (Å²) in [6, 6.07) is 6.02. The normalized spacial score (nSPS) is 26.0. The number of hydrogen-bond donors (Lipinski definition) is 2. The Morgan fingerprint density at radius 1 is 1.38 bits per heavy atom. The van der Waals surface area contributed by atoms with E-state index in [1.807, 2.05) is 4.72 Å². The maximum atomic E-state index is 11.9. The van der Waals surface area contributed by atoms with E-state index in [9.17, 15) is 13.2 Å². The highest BCUT2D eigenvalue weighted by atomic mass is 35.5. The van der Waals surface area contributed by atoms with Gasteiger partial charge in [0, 0.05) is 17.5 Å². The molecule has 2 aliphatic heterocycles. The van der Waals surface area contributed by atoms with Crippen molar-refractivity contribution in [2.75, 3.05) is 6.54 Å². The summed E-state index contributed by atoms with van der Waals surface area (Å²) in [4.78, 5) is 11.8. The summed E-state index contributed by atoms with van der Waals surface area (Å²) >= 11 is 5.84. The summed E-state index contributed by atoms with van der Waals surface area (Å²) in [5, 5.41) is 4.06. The average molecular weight is 371 g/mol. The fraction of sp³-hybridized carbons (Fsp3) is 0.438. The Labute approximate surface area is 146 Å². The first kappa shape index (κ1) is 17.3. The Morgan fingerprint density at radius 3 is 2.88 bits per heavy atom. The predicted molar refractivity (Wildman–Crippen MR) is 91.9 cm³/mol. The molecule has 0 aromatic heterocycles. The molecular weight excluding hydrogens is 352 g/mol. The van der Waals surface area contributed by atoms with E-state index in [-0.39, 0.29) is 12.0 Å². The lowest BCUT2D eigenvalue weighted by Gasteiger charge is -2.18. The number of nitrogens with one attached hydrogen (secondary N) is 2. The smallest absolute Gasteiger partial charge is 0.328 e. The molecule has 2 N–H and O–H groups in total. The second-order valence-electron chi connectivity index (χ2n) is 6.08. The van der Waals surface area contributed by atoms with Crippen molar-refractivity contribution in [3.63, 3.8) is 0 Å². The van der Waals surface area contributed by atoms with Gasteiger partial charge in [-0.1, -0.05) is 23.7 Å². The molecule has 2 aliphatic rings. The number of carbonyl (C=O) groups is 1. The van der Waals surface area contributed by atoms with Crippen molar-refractivity contribution in [1.82, 2.24) is 10.0 Å². The zero-order valence-corrected chi connectivity index (χ0v) is 14.5. The molecule has 0 saturated carbocycles. The lowest BCUT2D eigenvalue weighted by atomic mass is 9.89. The van der Waals surface area contributed by atoms with Crippen molar-refractivity contribution >= 4 is 33.7 Å². The monoisotopic (exact) mass is 370 g/mol. The van der Waals surface area contributed by atoms with Gasteiger partial charge in [0.25, 0.3) is 10.0 Å². The van der Waals surface area contributed by atoms with Crippen LogP contribution in [0.2, 0.25) is 5.02 Å². The average Bonchev–Trinajstić information content (AvgIpc) is 3.13. The molecule has 1 aromatic carbocycles. The van der Waals surface area contributed by atoms with Gasteiger partial charge in [0.05, 0.1) is 17.6 Å². The lowest BCUT2D eigenvalue weighted by molar-refractivity contribution is 0.0928. The van der Waals surface area contributed by atoms with E-state index >= 15 is 0 Å². The molecule has 6 nitrogen and oxygen atoms in total. The number of sulfonamides is 1. The number of halogens is 1. The van der Waals surface area contributed by atoms with E-state index in [2.05, 4.69) is 5.32 Å². The molecule has 2 fully saturated rings. The zero-order valence-electron chi connectivity index (χ0n) is 12.9. The van der Waals surface area contributed by atoms with Gasteiger partial charge in [-0.3, -0.25) is 0 Å². The van der Waals surface area contributed by atoms with Crippen LogP contribution in [0.1, 0.15) is 24.8 Å². The van der Waals surface area contributed by atoms with Crippen molar-refractivity contribution in [3.8, 4) is 0 Å². The van der Waals surface area contributed by atoms with Gasteiger partial charge in [0.2, 0.25) is 0 Å². The molecule has 2 bridgehead atoms. The molecule has 0 aliphatic carbocycles. The fourth-order valence-corrected chi connectivity index (χ4v) is 4.09. The molecule has 0 radical (unpaired) electrons.